The van der Waals surface area contributed by atoms with E-state index in [1.807, 2.05) is 18.2 Å². The lowest BCUT2D eigenvalue weighted by Gasteiger charge is -2.25. The van der Waals surface area contributed by atoms with Crippen LogP contribution in [-0.4, -0.2) is 15.7 Å². The minimum Gasteiger partial charge on any atom is -0.480 e. The molecular weight excluding hydrogens is 397 g/mol. The highest BCUT2D eigenvalue weighted by Gasteiger charge is 2.26. The van der Waals surface area contributed by atoms with Gasteiger partial charge in [0.1, 0.15) is 11.6 Å². The Morgan fingerprint density at radius 2 is 2.10 bits per heavy atom. The molecule has 1 aliphatic heterocycles. The molecule has 0 saturated heterocycles. The Morgan fingerprint density at radius 3 is 2.86 bits per heavy atom. The van der Waals surface area contributed by atoms with Gasteiger partial charge >= 0.3 is 0 Å². The summed E-state index contributed by atoms with van der Waals surface area (Å²) in [7, 11) is 0. The van der Waals surface area contributed by atoms with Crippen molar-refractivity contribution in [2.75, 3.05) is 11.5 Å². The third-order valence-corrected chi connectivity index (χ3v) is 5.49. The van der Waals surface area contributed by atoms with Crippen molar-refractivity contribution in [1.29, 1.82) is 0 Å². The number of nitrogen functional groups attached to an aromatic ring is 1. The van der Waals surface area contributed by atoms with Gasteiger partial charge in [0.05, 0.1) is 9.26 Å². The normalized spacial score (nSPS) is 17.4. The van der Waals surface area contributed by atoms with Gasteiger partial charge in [-0.2, -0.15) is 0 Å². The van der Waals surface area contributed by atoms with Gasteiger partial charge in [-0.05, 0) is 40.6 Å². The molecule has 0 bridgehead atoms. The van der Waals surface area contributed by atoms with Crippen LogP contribution in [-0.2, 0) is 0 Å². The van der Waals surface area contributed by atoms with Crippen molar-refractivity contribution < 1.29 is 4.74 Å². The number of halogens is 1. The van der Waals surface area contributed by atoms with Gasteiger partial charge in [0, 0.05) is 10.6 Å². The van der Waals surface area contributed by atoms with Crippen molar-refractivity contribution in [3.05, 3.63) is 39.4 Å². The van der Waals surface area contributed by atoms with Crippen LogP contribution in [0, 0.1) is 3.57 Å². The summed E-state index contributed by atoms with van der Waals surface area (Å²) in [5, 5.41) is 0. The number of thioether (sulfide) groups is 1. The molecule has 2 heterocycles. The Balaban J connectivity index is 1.95. The van der Waals surface area contributed by atoms with E-state index in [2.05, 4.69) is 47.5 Å². The van der Waals surface area contributed by atoms with Crippen LogP contribution in [0.4, 0.5) is 5.82 Å². The quantitative estimate of drug-likeness (QED) is 0.754. The van der Waals surface area contributed by atoms with E-state index in [0.29, 0.717) is 17.6 Å². The lowest BCUT2D eigenvalue weighted by Crippen LogP contribution is -2.20. The lowest BCUT2D eigenvalue weighted by atomic mass is 10.1. The Kier molecular flexibility index (Phi) is 4.26. The molecule has 21 heavy (non-hydrogen) atoms. The number of benzene rings is 1. The molecule has 0 fully saturated rings. The van der Waals surface area contributed by atoms with Gasteiger partial charge in [-0.15, -0.1) is 11.8 Å². The Labute approximate surface area is 142 Å². The molecule has 1 atom stereocenters. The molecule has 1 unspecified atom stereocenters. The van der Waals surface area contributed by atoms with Crippen molar-refractivity contribution in [3.8, 4) is 5.75 Å². The van der Waals surface area contributed by atoms with Crippen LogP contribution in [0.1, 0.15) is 37.4 Å². The molecule has 0 radical (unpaired) electrons. The lowest BCUT2D eigenvalue weighted by molar-refractivity contribution is 0.210. The third-order valence-electron chi connectivity index (χ3n) is 3.26. The first-order valence-electron chi connectivity index (χ1n) is 6.77. The van der Waals surface area contributed by atoms with E-state index < -0.39 is 0 Å². The highest BCUT2D eigenvalue weighted by atomic mass is 127. The molecule has 1 aromatic heterocycles. The molecule has 6 heteroatoms. The van der Waals surface area contributed by atoms with Gasteiger partial charge in [0.2, 0.25) is 0 Å². The molecule has 3 rings (SSSR count). The second kappa shape index (κ2) is 6.00. The summed E-state index contributed by atoms with van der Waals surface area (Å²) in [5.41, 5.74) is 7.03. The number of hydrogen-bond acceptors (Lipinski definition) is 5. The highest BCUT2D eigenvalue weighted by Crippen LogP contribution is 2.40. The molecule has 1 aromatic carbocycles. The van der Waals surface area contributed by atoms with Crippen LogP contribution in [0.2, 0.25) is 0 Å². The summed E-state index contributed by atoms with van der Waals surface area (Å²) in [6.07, 6.45) is -0.151. The van der Waals surface area contributed by atoms with Crippen molar-refractivity contribution in [3.63, 3.8) is 0 Å². The Bertz CT molecular complexity index is 678. The van der Waals surface area contributed by atoms with E-state index in [-0.39, 0.29) is 6.10 Å². The number of nitrogens with zero attached hydrogens (tertiary/aromatic N) is 2. The Morgan fingerprint density at radius 1 is 1.33 bits per heavy atom. The van der Waals surface area contributed by atoms with E-state index >= 15 is 0 Å². The number of rotatable bonds is 2. The van der Waals surface area contributed by atoms with E-state index in [0.717, 1.165) is 25.7 Å². The largest absolute Gasteiger partial charge is 0.480 e. The van der Waals surface area contributed by atoms with Crippen LogP contribution in [0.5, 0.6) is 5.75 Å². The smallest absolute Gasteiger partial charge is 0.172 e. The second-order valence-electron chi connectivity index (χ2n) is 5.19. The van der Waals surface area contributed by atoms with Crippen LogP contribution in [0.15, 0.2) is 29.2 Å². The maximum absolute atomic E-state index is 6.04. The number of aromatic nitrogens is 2. The summed E-state index contributed by atoms with van der Waals surface area (Å²) >= 11 is 3.98. The van der Waals surface area contributed by atoms with Gasteiger partial charge < -0.3 is 10.5 Å². The fourth-order valence-corrected chi connectivity index (χ4v) is 4.02. The summed E-state index contributed by atoms with van der Waals surface area (Å²) in [5.74, 6) is 3.22. The molecule has 0 saturated carbocycles. The standard InChI is InChI=1S/C15H16IN3OS/c1-8(2)13-12(16)14(17)19-15(18-13)10-7-21-11-6-4-3-5-9(11)20-10/h3-6,8,10H,7H2,1-2H3,(H2,17,18,19). The maximum atomic E-state index is 6.04. The topological polar surface area (TPSA) is 61.0 Å². The van der Waals surface area contributed by atoms with E-state index in [1.54, 1.807) is 11.8 Å². The molecular formula is C15H16IN3OS. The van der Waals surface area contributed by atoms with Gasteiger partial charge in [-0.3, -0.25) is 0 Å². The van der Waals surface area contributed by atoms with Gasteiger partial charge in [0.15, 0.2) is 11.9 Å². The highest BCUT2D eigenvalue weighted by molar-refractivity contribution is 14.1. The van der Waals surface area contributed by atoms with Gasteiger partial charge in [-0.25, -0.2) is 9.97 Å². The van der Waals surface area contributed by atoms with Gasteiger partial charge in [0.25, 0.3) is 0 Å². The molecule has 0 amide bonds. The van der Waals surface area contributed by atoms with E-state index in [1.165, 1.54) is 0 Å². The molecule has 110 valence electrons. The van der Waals surface area contributed by atoms with Crippen molar-refractivity contribution in [2.45, 2.75) is 30.8 Å². The monoisotopic (exact) mass is 413 g/mol. The molecule has 1 aliphatic rings. The summed E-state index contributed by atoms with van der Waals surface area (Å²) < 4.78 is 6.98. The van der Waals surface area contributed by atoms with E-state index in [4.69, 9.17) is 15.5 Å². The first-order chi connectivity index (χ1) is 10.1. The van der Waals surface area contributed by atoms with Crippen LogP contribution in [0.3, 0.4) is 0 Å². The zero-order valence-electron chi connectivity index (χ0n) is 11.8. The summed E-state index contributed by atoms with van der Waals surface area (Å²) in [6.45, 7) is 4.22. The minimum atomic E-state index is -0.151. The molecule has 0 aliphatic carbocycles. The number of hydrogen-bond donors (Lipinski definition) is 1. The Hall–Kier alpha value is -1.02. The predicted octanol–water partition coefficient (Wildman–Crippen LogP) is 4.01. The van der Waals surface area contributed by atoms with Crippen LogP contribution < -0.4 is 10.5 Å². The molecule has 2 aromatic rings. The summed E-state index contributed by atoms with van der Waals surface area (Å²) in [4.78, 5) is 10.3. The molecule has 0 spiro atoms. The van der Waals surface area contributed by atoms with Gasteiger partial charge in [-0.1, -0.05) is 26.0 Å². The zero-order valence-corrected chi connectivity index (χ0v) is 14.8. The first kappa shape index (κ1) is 14.9. The minimum absolute atomic E-state index is 0.151. The van der Waals surface area contributed by atoms with Crippen molar-refractivity contribution in [1.82, 2.24) is 9.97 Å². The number of fused-ring (bicyclic) bond motifs is 1. The first-order valence-corrected chi connectivity index (χ1v) is 8.84. The third kappa shape index (κ3) is 2.96. The maximum Gasteiger partial charge on any atom is 0.172 e. The molecule has 2 N–H and O–H groups in total. The van der Waals surface area contributed by atoms with Crippen molar-refractivity contribution >= 4 is 40.2 Å². The SMILES string of the molecule is CC(C)c1nc(C2CSc3ccccc3O2)nc(N)c1I. The number of anilines is 1. The fraction of sp³-hybridized carbons (Fsp3) is 0.333. The zero-order chi connectivity index (χ0) is 15.0. The summed E-state index contributed by atoms with van der Waals surface area (Å²) in [6, 6.07) is 8.04. The number of nitrogens with two attached hydrogens (primary N) is 1. The number of ether oxygens (including phenoxy) is 1. The van der Waals surface area contributed by atoms with Crippen LogP contribution in [0.25, 0.3) is 0 Å². The average molecular weight is 413 g/mol. The second-order valence-corrected chi connectivity index (χ2v) is 7.33. The van der Waals surface area contributed by atoms with Crippen LogP contribution >= 0.6 is 34.4 Å². The van der Waals surface area contributed by atoms with E-state index in [9.17, 15) is 0 Å². The predicted molar refractivity (Wildman–Crippen MR) is 93.8 cm³/mol. The molecule has 4 nitrogen and oxygen atoms in total. The average Bonchev–Trinajstić information content (AvgIpc) is 2.49. The fourth-order valence-electron chi connectivity index (χ4n) is 2.17. The van der Waals surface area contributed by atoms with Crippen molar-refractivity contribution in [2.24, 2.45) is 0 Å². The number of para-hydroxylation sites is 1.